The van der Waals surface area contributed by atoms with Crippen molar-refractivity contribution in [3.05, 3.63) is 22.9 Å². The number of carboxylic acid groups (broad SMARTS) is 1. The van der Waals surface area contributed by atoms with E-state index in [-0.39, 0.29) is 12.1 Å². The topological polar surface area (TPSA) is 65.9 Å². The molecule has 6 nitrogen and oxygen atoms in total. The third-order valence-electron chi connectivity index (χ3n) is 4.50. The molecule has 106 valence electrons. The lowest BCUT2D eigenvalue weighted by Gasteiger charge is -2.42. The maximum atomic E-state index is 11.2. The molecule has 0 aromatic carbocycles. The molecule has 4 heterocycles. The van der Waals surface area contributed by atoms with Crippen molar-refractivity contribution in [1.82, 2.24) is 9.88 Å². The lowest BCUT2D eigenvalue weighted by Crippen LogP contribution is -2.58. The summed E-state index contributed by atoms with van der Waals surface area (Å²) in [4.78, 5) is 19.8. The van der Waals surface area contributed by atoms with E-state index in [9.17, 15) is 9.90 Å². The summed E-state index contributed by atoms with van der Waals surface area (Å²) in [7, 11) is 0. The minimum atomic E-state index is -0.823. The summed E-state index contributed by atoms with van der Waals surface area (Å²) in [6, 6.07) is 2.58. The van der Waals surface area contributed by atoms with Gasteiger partial charge >= 0.3 is 6.09 Å². The van der Waals surface area contributed by atoms with Gasteiger partial charge in [0, 0.05) is 24.7 Å². The van der Waals surface area contributed by atoms with Crippen LogP contribution in [0.4, 0.5) is 10.6 Å². The minimum Gasteiger partial charge on any atom is -0.465 e. The highest BCUT2D eigenvalue weighted by Gasteiger charge is 2.41. The largest absolute Gasteiger partial charge is 0.465 e. The predicted octanol–water partition coefficient (Wildman–Crippen LogP) is 1.22. The van der Waals surface area contributed by atoms with E-state index in [4.69, 9.17) is 9.72 Å². The molecule has 6 heteroatoms. The summed E-state index contributed by atoms with van der Waals surface area (Å²) in [6.45, 7) is 4.42. The van der Waals surface area contributed by atoms with Gasteiger partial charge in [0.2, 0.25) is 0 Å². The number of amides is 1. The molecule has 1 aromatic heterocycles. The fraction of sp³-hybridized carbons (Fsp3) is 0.571. The van der Waals surface area contributed by atoms with Gasteiger partial charge in [-0.25, -0.2) is 9.78 Å². The number of nitrogens with zero attached hydrogens (tertiary/aromatic N) is 3. The number of carbonyl (C=O) groups is 1. The fourth-order valence-electron chi connectivity index (χ4n) is 3.65. The first-order valence-corrected chi connectivity index (χ1v) is 6.99. The Morgan fingerprint density at radius 1 is 1.40 bits per heavy atom. The van der Waals surface area contributed by atoms with Crippen molar-refractivity contribution in [3.63, 3.8) is 0 Å². The number of pyridine rings is 1. The first kappa shape index (κ1) is 12.0. The van der Waals surface area contributed by atoms with Crippen molar-refractivity contribution in [3.8, 4) is 0 Å². The fourth-order valence-corrected chi connectivity index (χ4v) is 3.65. The molecule has 0 radical (unpaired) electrons. The Balaban J connectivity index is 1.70. The van der Waals surface area contributed by atoms with Gasteiger partial charge in [-0.15, -0.1) is 0 Å². The second kappa shape index (κ2) is 4.09. The van der Waals surface area contributed by atoms with E-state index in [1.807, 2.05) is 0 Å². The van der Waals surface area contributed by atoms with E-state index in [0.717, 1.165) is 17.9 Å². The van der Waals surface area contributed by atoms with Crippen LogP contribution in [-0.2, 0) is 24.4 Å². The number of rotatable bonds is 0. The third-order valence-corrected chi connectivity index (χ3v) is 4.50. The van der Waals surface area contributed by atoms with Crippen molar-refractivity contribution in [2.75, 3.05) is 18.0 Å². The Labute approximate surface area is 117 Å². The van der Waals surface area contributed by atoms with Gasteiger partial charge in [-0.05, 0) is 25.0 Å². The summed E-state index contributed by atoms with van der Waals surface area (Å²) in [5.74, 6) is 1.04. The Kier molecular flexibility index (Phi) is 2.44. The molecule has 1 amide bonds. The molecule has 2 atom stereocenters. The molecule has 3 aliphatic heterocycles. The number of piperazine rings is 1. The SMILES string of the molecule is C[C@@H]1CN(C(=O)O)C[C@H]2Cc3cc4c(nc3N21)COC4. The van der Waals surface area contributed by atoms with Gasteiger partial charge in [0.1, 0.15) is 5.82 Å². The van der Waals surface area contributed by atoms with E-state index >= 15 is 0 Å². The van der Waals surface area contributed by atoms with Crippen molar-refractivity contribution in [2.24, 2.45) is 0 Å². The number of ether oxygens (including phenoxy) is 1. The van der Waals surface area contributed by atoms with Crippen LogP contribution in [0.15, 0.2) is 6.07 Å². The van der Waals surface area contributed by atoms with Gasteiger partial charge in [0.05, 0.1) is 24.9 Å². The highest BCUT2D eigenvalue weighted by molar-refractivity contribution is 5.67. The maximum absolute atomic E-state index is 11.2. The first-order valence-electron chi connectivity index (χ1n) is 6.99. The summed E-state index contributed by atoms with van der Waals surface area (Å²) in [5.41, 5.74) is 3.46. The molecular weight excluding hydrogens is 258 g/mol. The van der Waals surface area contributed by atoms with E-state index in [1.165, 1.54) is 16.0 Å². The van der Waals surface area contributed by atoms with Gasteiger partial charge < -0.3 is 19.6 Å². The monoisotopic (exact) mass is 275 g/mol. The maximum Gasteiger partial charge on any atom is 0.407 e. The first-order chi connectivity index (χ1) is 9.63. The van der Waals surface area contributed by atoms with Crippen LogP contribution in [0.3, 0.4) is 0 Å². The van der Waals surface area contributed by atoms with Gasteiger partial charge in [0.25, 0.3) is 0 Å². The van der Waals surface area contributed by atoms with Crippen LogP contribution >= 0.6 is 0 Å². The predicted molar refractivity (Wildman–Crippen MR) is 71.8 cm³/mol. The van der Waals surface area contributed by atoms with E-state index in [0.29, 0.717) is 26.3 Å². The second-order valence-corrected chi connectivity index (χ2v) is 5.87. The highest BCUT2D eigenvalue weighted by Crippen LogP contribution is 2.37. The van der Waals surface area contributed by atoms with E-state index in [1.54, 1.807) is 0 Å². The van der Waals surface area contributed by atoms with Crippen LogP contribution < -0.4 is 4.90 Å². The van der Waals surface area contributed by atoms with Crippen LogP contribution in [0.25, 0.3) is 0 Å². The average molecular weight is 275 g/mol. The Bertz CT molecular complexity index is 589. The van der Waals surface area contributed by atoms with Crippen molar-refractivity contribution in [1.29, 1.82) is 0 Å². The van der Waals surface area contributed by atoms with Gasteiger partial charge in [0.15, 0.2) is 0 Å². The molecule has 1 fully saturated rings. The number of hydrogen-bond acceptors (Lipinski definition) is 4. The number of hydrogen-bond donors (Lipinski definition) is 1. The molecule has 0 unspecified atom stereocenters. The van der Waals surface area contributed by atoms with Gasteiger partial charge in [-0.1, -0.05) is 0 Å². The zero-order valence-corrected chi connectivity index (χ0v) is 11.4. The molecular formula is C14H17N3O3. The lowest BCUT2D eigenvalue weighted by molar-refractivity contribution is 0.127. The molecule has 1 saturated heterocycles. The van der Waals surface area contributed by atoms with Crippen LogP contribution in [0.2, 0.25) is 0 Å². The molecule has 0 spiro atoms. The van der Waals surface area contributed by atoms with E-state index in [2.05, 4.69) is 17.9 Å². The van der Waals surface area contributed by atoms with Crippen LogP contribution in [0, 0.1) is 0 Å². The molecule has 3 aliphatic rings. The average Bonchev–Trinajstić information content (AvgIpc) is 2.98. The summed E-state index contributed by atoms with van der Waals surface area (Å²) in [6.07, 6.45) is 0.0558. The zero-order valence-electron chi connectivity index (χ0n) is 11.4. The minimum absolute atomic E-state index is 0.166. The van der Waals surface area contributed by atoms with Crippen LogP contribution in [-0.4, -0.2) is 46.3 Å². The quantitative estimate of drug-likeness (QED) is 0.771. The Hall–Kier alpha value is -1.82. The smallest absolute Gasteiger partial charge is 0.407 e. The summed E-state index contributed by atoms with van der Waals surface area (Å²) >= 11 is 0. The Morgan fingerprint density at radius 3 is 3.05 bits per heavy atom. The van der Waals surface area contributed by atoms with E-state index < -0.39 is 6.09 Å². The zero-order chi connectivity index (χ0) is 13.9. The molecule has 1 N–H and O–H groups in total. The number of fused-ring (bicyclic) bond motifs is 4. The Morgan fingerprint density at radius 2 is 2.25 bits per heavy atom. The normalized spacial score (nSPS) is 27.2. The molecule has 0 saturated carbocycles. The molecule has 4 rings (SSSR count). The lowest BCUT2D eigenvalue weighted by atomic mass is 10.1. The molecule has 0 aliphatic carbocycles. The molecule has 0 bridgehead atoms. The third kappa shape index (κ3) is 1.61. The van der Waals surface area contributed by atoms with Crippen LogP contribution in [0.5, 0.6) is 0 Å². The van der Waals surface area contributed by atoms with Gasteiger partial charge in [-0.2, -0.15) is 0 Å². The van der Waals surface area contributed by atoms with Crippen molar-refractivity contribution < 1.29 is 14.6 Å². The van der Waals surface area contributed by atoms with Crippen LogP contribution in [0.1, 0.15) is 23.7 Å². The molecule has 1 aromatic rings. The molecule has 20 heavy (non-hydrogen) atoms. The highest BCUT2D eigenvalue weighted by atomic mass is 16.5. The summed E-state index contributed by atoms with van der Waals surface area (Å²) in [5, 5.41) is 9.20. The second-order valence-electron chi connectivity index (χ2n) is 5.87. The van der Waals surface area contributed by atoms with Crippen molar-refractivity contribution in [2.45, 2.75) is 38.6 Å². The number of anilines is 1. The number of aromatic nitrogens is 1. The van der Waals surface area contributed by atoms with Gasteiger partial charge in [-0.3, -0.25) is 0 Å². The van der Waals surface area contributed by atoms with Crippen molar-refractivity contribution >= 4 is 11.9 Å². The summed E-state index contributed by atoms with van der Waals surface area (Å²) < 4.78 is 5.44. The standard InChI is InChI=1S/C14H17N3O3/c1-8-4-16(14(18)19)5-11-3-9-2-10-6-20-7-12(10)15-13(9)17(8)11/h2,8,11H,3-7H2,1H3,(H,18,19)/t8-,11-/m1/s1.